The van der Waals surface area contributed by atoms with E-state index in [0.29, 0.717) is 26.1 Å². The summed E-state index contributed by atoms with van der Waals surface area (Å²) in [7, 11) is -3.23. The number of hydrogen-bond acceptors (Lipinski definition) is 7. The second-order valence-electron chi connectivity index (χ2n) is 7.45. The van der Waals surface area contributed by atoms with Crippen molar-refractivity contribution in [3.8, 4) is 5.75 Å². The van der Waals surface area contributed by atoms with Crippen molar-refractivity contribution in [2.24, 2.45) is 0 Å². The van der Waals surface area contributed by atoms with Crippen molar-refractivity contribution in [1.29, 1.82) is 0 Å². The Morgan fingerprint density at radius 2 is 1.94 bits per heavy atom. The van der Waals surface area contributed by atoms with Gasteiger partial charge in [-0.1, -0.05) is 12.1 Å². The number of sulfone groups is 1. The Balaban J connectivity index is 1.39. The number of aromatic nitrogens is 2. The molecule has 1 N–H and O–H groups in total. The minimum absolute atomic E-state index is 0.00574. The van der Waals surface area contributed by atoms with Gasteiger partial charge in [0.15, 0.2) is 9.84 Å². The third-order valence-corrected chi connectivity index (χ3v) is 6.68. The van der Waals surface area contributed by atoms with E-state index in [0.717, 1.165) is 24.2 Å². The molecule has 0 amide bonds. The average molecular weight is 453 g/mol. The smallest absolute Gasteiger partial charge is 0.330 e. The summed E-state index contributed by atoms with van der Waals surface area (Å²) in [5.41, 5.74) is -0.127. The monoisotopic (exact) mass is 452 g/mol. The van der Waals surface area contributed by atoms with E-state index in [9.17, 15) is 18.0 Å². The van der Waals surface area contributed by atoms with Crippen LogP contribution >= 0.6 is 0 Å². The maximum absolute atomic E-state index is 12.3. The Labute approximate surface area is 180 Å². The van der Waals surface area contributed by atoms with E-state index < -0.39 is 21.1 Å². The van der Waals surface area contributed by atoms with Gasteiger partial charge in [0.2, 0.25) is 0 Å². The summed E-state index contributed by atoms with van der Waals surface area (Å²) >= 11 is 0. The van der Waals surface area contributed by atoms with E-state index in [2.05, 4.69) is 4.98 Å². The molecule has 0 bridgehead atoms. The summed E-state index contributed by atoms with van der Waals surface area (Å²) in [6, 6.07) is 8.79. The number of H-pyrrole nitrogens is 1. The van der Waals surface area contributed by atoms with Crippen LogP contribution in [0.15, 0.2) is 46.1 Å². The Kier molecular flexibility index (Phi) is 8.44. The largest absolute Gasteiger partial charge is 0.490 e. The van der Waals surface area contributed by atoms with Crippen molar-refractivity contribution in [2.45, 2.75) is 38.5 Å². The topological polar surface area (TPSA) is 117 Å². The Morgan fingerprint density at radius 1 is 1.13 bits per heavy atom. The van der Waals surface area contributed by atoms with Crippen LogP contribution in [0.5, 0.6) is 5.75 Å². The second kappa shape index (κ2) is 11.3. The molecule has 1 aromatic carbocycles. The fourth-order valence-electron chi connectivity index (χ4n) is 3.23. The van der Waals surface area contributed by atoms with Crippen LogP contribution in [-0.4, -0.2) is 55.4 Å². The van der Waals surface area contributed by atoms with Gasteiger partial charge < -0.3 is 14.2 Å². The SMILES string of the molecule is O=c1ccn(COCCCS(=O)(=O)CCc2cccc(OC3CCOCC3)c2)c(=O)[nH]1. The van der Waals surface area contributed by atoms with Gasteiger partial charge in [0, 0.05) is 31.7 Å². The third kappa shape index (κ3) is 7.97. The molecule has 0 radical (unpaired) electrons. The van der Waals surface area contributed by atoms with Crippen molar-refractivity contribution in [3.63, 3.8) is 0 Å². The number of hydrogen-bond donors (Lipinski definition) is 1. The molecule has 9 nitrogen and oxygen atoms in total. The normalized spacial score (nSPS) is 15.1. The molecule has 2 heterocycles. The predicted molar refractivity (Wildman–Crippen MR) is 115 cm³/mol. The number of aryl methyl sites for hydroxylation is 1. The molecular weight excluding hydrogens is 424 g/mol. The van der Waals surface area contributed by atoms with Crippen LogP contribution < -0.4 is 16.0 Å². The second-order valence-corrected chi connectivity index (χ2v) is 9.75. The average Bonchev–Trinajstić information content (AvgIpc) is 2.74. The molecule has 1 aliphatic rings. The summed E-state index contributed by atoms with van der Waals surface area (Å²) in [5.74, 6) is 0.812. The number of nitrogens with one attached hydrogen (secondary N) is 1. The third-order valence-electron chi connectivity index (χ3n) is 4.94. The molecular formula is C21H28N2O7S. The lowest BCUT2D eigenvalue weighted by atomic mass is 10.1. The molecule has 0 unspecified atom stereocenters. The first-order chi connectivity index (χ1) is 14.9. The lowest BCUT2D eigenvalue weighted by Crippen LogP contribution is -2.29. The van der Waals surface area contributed by atoms with E-state index in [1.165, 1.54) is 16.8 Å². The minimum atomic E-state index is -3.23. The molecule has 0 saturated carbocycles. The first-order valence-electron chi connectivity index (χ1n) is 10.3. The summed E-state index contributed by atoms with van der Waals surface area (Å²) in [4.78, 5) is 24.7. The molecule has 0 spiro atoms. The lowest BCUT2D eigenvalue weighted by molar-refractivity contribution is 0.0255. The molecule has 10 heteroatoms. The number of benzene rings is 1. The number of nitrogens with zero attached hydrogens (tertiary/aromatic N) is 1. The highest BCUT2D eigenvalue weighted by molar-refractivity contribution is 7.91. The molecule has 3 rings (SSSR count). The van der Waals surface area contributed by atoms with Gasteiger partial charge in [-0.25, -0.2) is 13.2 Å². The zero-order chi connectivity index (χ0) is 22.1. The van der Waals surface area contributed by atoms with Crippen molar-refractivity contribution in [3.05, 3.63) is 62.9 Å². The Bertz CT molecular complexity index is 1060. The molecule has 1 saturated heterocycles. The molecule has 1 aliphatic heterocycles. The van der Waals surface area contributed by atoms with E-state index in [1.54, 1.807) is 0 Å². The van der Waals surface area contributed by atoms with Gasteiger partial charge in [-0.2, -0.15) is 0 Å². The van der Waals surface area contributed by atoms with E-state index in [-0.39, 0.29) is 30.9 Å². The maximum atomic E-state index is 12.3. The highest BCUT2D eigenvalue weighted by Gasteiger charge is 2.16. The first-order valence-corrected chi connectivity index (χ1v) is 12.1. The van der Waals surface area contributed by atoms with Crippen LogP contribution in [0.3, 0.4) is 0 Å². The van der Waals surface area contributed by atoms with Crippen molar-refractivity contribution >= 4 is 9.84 Å². The summed E-state index contributed by atoms with van der Waals surface area (Å²) in [5, 5.41) is 0. The van der Waals surface area contributed by atoms with Crippen LogP contribution in [0.4, 0.5) is 0 Å². The van der Waals surface area contributed by atoms with Gasteiger partial charge in [0.1, 0.15) is 18.6 Å². The zero-order valence-electron chi connectivity index (χ0n) is 17.3. The van der Waals surface area contributed by atoms with Gasteiger partial charge in [0.25, 0.3) is 5.56 Å². The minimum Gasteiger partial charge on any atom is -0.490 e. The molecule has 2 aromatic rings. The van der Waals surface area contributed by atoms with E-state index in [4.69, 9.17) is 14.2 Å². The van der Waals surface area contributed by atoms with Gasteiger partial charge in [-0.15, -0.1) is 0 Å². The number of ether oxygens (including phenoxy) is 3. The van der Waals surface area contributed by atoms with Crippen LogP contribution in [0.2, 0.25) is 0 Å². The van der Waals surface area contributed by atoms with Crippen LogP contribution in [-0.2, 0) is 32.5 Å². The molecule has 31 heavy (non-hydrogen) atoms. The number of rotatable bonds is 11. The molecule has 1 aromatic heterocycles. The van der Waals surface area contributed by atoms with Gasteiger partial charge in [0.05, 0.1) is 24.7 Å². The first kappa shape index (κ1) is 23.2. The van der Waals surface area contributed by atoms with E-state index >= 15 is 0 Å². The zero-order valence-corrected chi connectivity index (χ0v) is 18.1. The standard InChI is InChI=1S/C21H28N2O7S/c24-20-5-9-23(21(25)22-20)16-29-10-2-13-31(26,27)14-8-17-3-1-4-19(15-17)30-18-6-11-28-12-7-18/h1,3-5,9,15,18H,2,6-8,10-14,16H2,(H,22,24,25). The summed E-state index contributed by atoms with van der Waals surface area (Å²) in [6.45, 7) is 1.55. The summed E-state index contributed by atoms with van der Waals surface area (Å²) < 4.78 is 42.5. The molecule has 170 valence electrons. The van der Waals surface area contributed by atoms with Crippen LogP contribution in [0, 0.1) is 0 Å². The quantitative estimate of drug-likeness (QED) is 0.508. The number of aromatic amines is 1. The molecule has 0 aliphatic carbocycles. The fraction of sp³-hybridized carbons (Fsp3) is 0.524. The Hall–Kier alpha value is -2.43. The maximum Gasteiger partial charge on any atom is 0.330 e. The highest BCUT2D eigenvalue weighted by atomic mass is 32.2. The van der Waals surface area contributed by atoms with Crippen LogP contribution in [0.25, 0.3) is 0 Å². The van der Waals surface area contributed by atoms with Gasteiger partial charge in [-0.05, 0) is 30.5 Å². The highest BCUT2D eigenvalue weighted by Crippen LogP contribution is 2.20. The molecule has 0 atom stereocenters. The summed E-state index contributed by atoms with van der Waals surface area (Å²) in [6.07, 6.45) is 3.93. The van der Waals surface area contributed by atoms with Gasteiger partial charge in [-0.3, -0.25) is 14.3 Å². The predicted octanol–water partition coefficient (Wildman–Crippen LogP) is 1.12. The molecule has 1 fully saturated rings. The lowest BCUT2D eigenvalue weighted by Gasteiger charge is -2.23. The van der Waals surface area contributed by atoms with Crippen molar-refractivity contribution < 1.29 is 22.6 Å². The van der Waals surface area contributed by atoms with E-state index in [1.807, 2.05) is 24.3 Å². The Morgan fingerprint density at radius 3 is 2.71 bits per heavy atom. The van der Waals surface area contributed by atoms with Crippen molar-refractivity contribution in [2.75, 3.05) is 31.3 Å². The van der Waals surface area contributed by atoms with Crippen molar-refractivity contribution in [1.82, 2.24) is 9.55 Å². The van der Waals surface area contributed by atoms with Crippen LogP contribution in [0.1, 0.15) is 24.8 Å². The van der Waals surface area contributed by atoms with Gasteiger partial charge >= 0.3 is 5.69 Å². The fourth-order valence-corrected chi connectivity index (χ4v) is 4.53.